The number of esters is 1. The molecule has 3 fully saturated rings. The first-order valence-corrected chi connectivity index (χ1v) is 12.9. The molecule has 1 aromatic rings. The van der Waals surface area contributed by atoms with Crippen molar-refractivity contribution < 1.29 is 29.0 Å². The van der Waals surface area contributed by atoms with Crippen LogP contribution in [0.1, 0.15) is 57.9 Å². The third-order valence-corrected chi connectivity index (χ3v) is 8.16. The number of fused-ring (bicyclic) bond motifs is 1. The van der Waals surface area contributed by atoms with E-state index in [1.807, 2.05) is 26.0 Å². The lowest BCUT2D eigenvalue weighted by Gasteiger charge is -2.33. The topological polar surface area (TPSA) is 105 Å². The number of rotatable bonds is 10. The van der Waals surface area contributed by atoms with Crippen LogP contribution in [0, 0.1) is 18.8 Å². The summed E-state index contributed by atoms with van der Waals surface area (Å²) < 4.78 is 11.9. The second kappa shape index (κ2) is 10.1. The van der Waals surface area contributed by atoms with Gasteiger partial charge in [-0.2, -0.15) is 0 Å². The van der Waals surface area contributed by atoms with Crippen LogP contribution in [0.4, 0.5) is 5.69 Å². The summed E-state index contributed by atoms with van der Waals surface area (Å²) in [6.07, 6.45) is 4.12. The fourth-order valence-electron chi connectivity index (χ4n) is 6.29. The number of benzene rings is 1. The molecule has 5 atom stereocenters. The number of nitrogens with one attached hydrogen (secondary N) is 1. The fourth-order valence-corrected chi connectivity index (χ4v) is 6.55. The van der Waals surface area contributed by atoms with Crippen molar-refractivity contribution in [1.82, 2.24) is 4.90 Å². The molecule has 2 bridgehead atoms. The smallest absolute Gasteiger partial charge is 0.312 e. The second-order valence-electron chi connectivity index (χ2n) is 10.1. The van der Waals surface area contributed by atoms with E-state index in [1.54, 1.807) is 17.9 Å². The van der Waals surface area contributed by atoms with Crippen molar-refractivity contribution in [1.29, 1.82) is 0 Å². The predicted molar refractivity (Wildman–Crippen MR) is 131 cm³/mol. The Balaban J connectivity index is 1.67. The van der Waals surface area contributed by atoms with Crippen molar-refractivity contribution in [2.75, 3.05) is 25.1 Å². The summed E-state index contributed by atoms with van der Waals surface area (Å²) in [7, 11) is 0. The van der Waals surface area contributed by atoms with Gasteiger partial charge in [0.25, 0.3) is 0 Å². The summed E-state index contributed by atoms with van der Waals surface area (Å²) in [6, 6.07) is 4.50. The Kier molecular flexibility index (Phi) is 7.46. The van der Waals surface area contributed by atoms with Crippen LogP contribution in [-0.4, -0.2) is 64.8 Å². The van der Waals surface area contributed by atoms with Crippen molar-refractivity contribution in [3.8, 4) is 0 Å². The first-order chi connectivity index (χ1) is 16.7. The van der Waals surface area contributed by atoms with E-state index in [9.17, 15) is 14.4 Å². The minimum atomic E-state index is -1.09. The van der Waals surface area contributed by atoms with Crippen molar-refractivity contribution >= 4 is 35.1 Å². The first-order valence-electron chi connectivity index (χ1n) is 12.5. The van der Waals surface area contributed by atoms with Gasteiger partial charge < -0.3 is 24.8 Å². The van der Waals surface area contributed by atoms with E-state index in [-0.39, 0.29) is 25.0 Å². The Labute approximate surface area is 211 Å². The highest BCUT2D eigenvalue weighted by molar-refractivity contribution is 6.34. The zero-order valence-corrected chi connectivity index (χ0v) is 21.4. The molecule has 35 heavy (non-hydrogen) atoms. The van der Waals surface area contributed by atoms with Gasteiger partial charge in [-0.25, -0.2) is 0 Å². The Morgan fingerprint density at radius 2 is 2.00 bits per heavy atom. The number of likely N-dealkylation sites (tertiary alicyclic amines) is 1. The largest absolute Gasteiger partial charge is 0.466 e. The zero-order chi connectivity index (χ0) is 25.4. The van der Waals surface area contributed by atoms with Gasteiger partial charge in [-0.1, -0.05) is 36.6 Å². The van der Waals surface area contributed by atoms with Crippen LogP contribution in [0.2, 0.25) is 5.02 Å². The molecule has 3 aliphatic rings. The highest BCUT2D eigenvalue weighted by Crippen LogP contribution is 2.63. The Morgan fingerprint density at radius 1 is 1.26 bits per heavy atom. The number of aliphatic hydroxyl groups excluding tert-OH is 1. The lowest BCUT2D eigenvalue weighted by atomic mass is 9.66. The van der Waals surface area contributed by atoms with Crippen LogP contribution in [0.3, 0.4) is 0 Å². The first kappa shape index (κ1) is 25.9. The molecule has 1 spiro atoms. The summed E-state index contributed by atoms with van der Waals surface area (Å²) in [5.74, 6) is -2.55. The van der Waals surface area contributed by atoms with Gasteiger partial charge in [-0.05, 0) is 58.1 Å². The van der Waals surface area contributed by atoms with E-state index in [0.29, 0.717) is 42.9 Å². The number of nitrogens with zero attached hydrogens (tertiary/aromatic N) is 1. The van der Waals surface area contributed by atoms with Gasteiger partial charge in [0.2, 0.25) is 11.8 Å². The molecule has 0 radical (unpaired) electrons. The Bertz CT molecular complexity index is 982. The van der Waals surface area contributed by atoms with Gasteiger partial charge in [0.05, 0.1) is 28.8 Å². The minimum Gasteiger partial charge on any atom is -0.466 e. The molecule has 4 rings (SSSR count). The highest BCUT2D eigenvalue weighted by Gasteiger charge is 2.78. The molecule has 9 heteroatoms. The average molecular weight is 507 g/mol. The molecular formula is C26H35ClN2O6. The lowest BCUT2D eigenvalue weighted by molar-refractivity contribution is -0.158. The average Bonchev–Trinajstić information content (AvgIpc) is 3.37. The maximum absolute atomic E-state index is 13.8. The van der Waals surface area contributed by atoms with Crippen LogP contribution in [0.5, 0.6) is 0 Å². The molecule has 2 amide bonds. The Hall–Kier alpha value is -2.16. The van der Waals surface area contributed by atoms with Gasteiger partial charge in [0.15, 0.2) is 0 Å². The van der Waals surface area contributed by atoms with Crippen LogP contribution >= 0.6 is 11.6 Å². The Morgan fingerprint density at radius 3 is 2.69 bits per heavy atom. The van der Waals surface area contributed by atoms with Crippen molar-refractivity contribution in [3.63, 3.8) is 0 Å². The van der Waals surface area contributed by atoms with Crippen molar-refractivity contribution in [2.24, 2.45) is 11.8 Å². The number of unbranched alkanes of at least 4 members (excludes halogenated alkanes) is 3. The van der Waals surface area contributed by atoms with Crippen LogP contribution in [-0.2, 0) is 23.9 Å². The van der Waals surface area contributed by atoms with E-state index >= 15 is 0 Å². The van der Waals surface area contributed by atoms with Crippen LogP contribution < -0.4 is 5.32 Å². The van der Waals surface area contributed by atoms with Gasteiger partial charge in [-0.15, -0.1) is 0 Å². The quantitative estimate of drug-likeness (QED) is 0.372. The summed E-state index contributed by atoms with van der Waals surface area (Å²) in [4.78, 5) is 42.3. The summed E-state index contributed by atoms with van der Waals surface area (Å²) in [5.41, 5.74) is -0.616. The van der Waals surface area contributed by atoms with Crippen molar-refractivity contribution in [3.05, 3.63) is 28.8 Å². The molecule has 0 aliphatic carbocycles. The summed E-state index contributed by atoms with van der Waals surface area (Å²) in [6.45, 7) is 6.16. The normalized spacial score (nSPS) is 31.1. The number of amides is 2. The van der Waals surface area contributed by atoms with Gasteiger partial charge in [0.1, 0.15) is 17.6 Å². The number of aliphatic hydroxyl groups is 1. The van der Waals surface area contributed by atoms with Gasteiger partial charge >= 0.3 is 5.97 Å². The maximum atomic E-state index is 13.8. The highest BCUT2D eigenvalue weighted by atomic mass is 35.5. The van der Waals surface area contributed by atoms with E-state index in [4.69, 9.17) is 26.2 Å². The molecule has 192 valence electrons. The third-order valence-electron chi connectivity index (χ3n) is 7.84. The number of carbonyl (C=O) groups excluding carboxylic acids is 3. The van der Waals surface area contributed by atoms with Crippen molar-refractivity contribution in [2.45, 2.75) is 76.5 Å². The predicted octanol–water partition coefficient (Wildman–Crippen LogP) is 3.47. The molecule has 1 aromatic carbocycles. The summed E-state index contributed by atoms with van der Waals surface area (Å²) in [5, 5.41) is 12.4. The monoisotopic (exact) mass is 506 g/mol. The zero-order valence-electron chi connectivity index (χ0n) is 20.6. The standard InChI is InChI=1S/C26H35ClN2O6/c1-4-34-24(33)19-18-23(32)29(14-7-5-6-8-15-30)21(26(18)13-12-25(19,3)35-26)22(31)28-20-16(2)10-9-11-17(20)27/h9-11,18-19,21,30H,4-8,12-15H2,1-3H3,(H,28,31)/t18-,19-,21?,25+,26?/m0/s1. The number of halogens is 1. The van der Waals surface area contributed by atoms with E-state index in [1.165, 1.54) is 0 Å². The van der Waals surface area contributed by atoms with E-state index in [2.05, 4.69) is 5.32 Å². The molecule has 2 unspecified atom stereocenters. The molecular weight excluding hydrogens is 472 g/mol. The fraction of sp³-hybridized carbons (Fsp3) is 0.654. The van der Waals surface area contributed by atoms with Crippen LogP contribution in [0.15, 0.2) is 18.2 Å². The number of hydrogen-bond donors (Lipinski definition) is 2. The SMILES string of the molecule is CCOC(=O)[C@@H]1[C@H]2C(=O)N(CCCCCCO)C(C(=O)Nc3c(C)cccc3Cl)C23CC[C@@]1(C)O3. The minimum absolute atomic E-state index is 0.129. The van der Waals surface area contributed by atoms with Crippen LogP contribution in [0.25, 0.3) is 0 Å². The second-order valence-corrected chi connectivity index (χ2v) is 10.5. The molecule has 2 N–H and O–H groups in total. The molecule has 3 saturated heterocycles. The lowest BCUT2D eigenvalue weighted by Crippen LogP contribution is -2.53. The number of carbonyl (C=O) groups is 3. The number of aryl methyl sites for hydroxylation is 1. The number of ether oxygens (including phenoxy) is 2. The molecule has 3 aliphatic heterocycles. The number of para-hydroxylation sites is 1. The molecule has 8 nitrogen and oxygen atoms in total. The third kappa shape index (κ3) is 4.34. The molecule has 0 aromatic heterocycles. The van der Waals surface area contributed by atoms with E-state index < -0.39 is 35.0 Å². The summed E-state index contributed by atoms with van der Waals surface area (Å²) >= 11 is 6.38. The molecule has 3 heterocycles. The number of hydrogen-bond acceptors (Lipinski definition) is 6. The number of anilines is 1. The van der Waals surface area contributed by atoms with Gasteiger partial charge in [-0.3, -0.25) is 14.4 Å². The van der Waals surface area contributed by atoms with Gasteiger partial charge in [0, 0.05) is 13.2 Å². The maximum Gasteiger partial charge on any atom is 0.312 e. The van der Waals surface area contributed by atoms with E-state index in [0.717, 1.165) is 18.4 Å². The molecule has 0 saturated carbocycles.